The van der Waals surface area contributed by atoms with E-state index in [1.807, 2.05) is 48.5 Å². The molecule has 0 spiro atoms. The number of nitrogens with zero attached hydrogens (tertiary/aromatic N) is 1. The summed E-state index contributed by atoms with van der Waals surface area (Å²) >= 11 is 0. The fraction of sp³-hybridized carbons (Fsp3) is 0.0400. The molecule has 1 heterocycles. The molecule has 5 aromatic rings. The highest BCUT2D eigenvalue weighted by atomic mass is 14.9. The molecule has 0 N–H and O–H groups in total. The number of rotatable bonds is 2. The smallest absolute Gasteiger partial charge is 0.0623 e. The summed E-state index contributed by atoms with van der Waals surface area (Å²) in [5, 5.41) is 2.45. The topological polar surface area (TPSA) is 4.93 Å². The molecule has 0 radical (unpaired) electrons. The van der Waals surface area contributed by atoms with Crippen LogP contribution in [0.4, 0.5) is 0 Å². The molecule has 0 atom stereocenters. The first-order chi connectivity index (χ1) is 13.6. The minimum Gasteiger partial charge on any atom is -0.344 e. The van der Waals surface area contributed by atoms with E-state index >= 15 is 0 Å². The maximum absolute atomic E-state index is 7.70. The minimum atomic E-state index is 0.526. The quantitative estimate of drug-likeness (QED) is 0.340. The third kappa shape index (κ3) is 2.33. The zero-order valence-corrected chi connectivity index (χ0v) is 14.5. The molecule has 1 aromatic heterocycles. The van der Waals surface area contributed by atoms with Crippen molar-refractivity contribution in [1.29, 1.82) is 0 Å². The fourth-order valence-electron chi connectivity index (χ4n) is 3.74. The predicted octanol–water partition coefficient (Wildman–Crippen LogP) is 6.67. The summed E-state index contributed by atoms with van der Waals surface area (Å²) in [4.78, 5) is 0. The molecule has 0 amide bonds. The molecular formula is C25H19N. The third-order valence-electron chi connectivity index (χ3n) is 5.11. The van der Waals surface area contributed by atoms with Crippen LogP contribution in [0.25, 0.3) is 44.1 Å². The summed E-state index contributed by atoms with van der Waals surface area (Å²) < 4.78 is 17.6. The van der Waals surface area contributed by atoms with Crippen molar-refractivity contribution in [3.63, 3.8) is 0 Å². The Morgan fingerprint density at radius 2 is 1.00 bits per heavy atom. The van der Waals surface area contributed by atoms with Crippen LogP contribution in [0.2, 0.25) is 0 Å². The van der Waals surface area contributed by atoms with Crippen molar-refractivity contribution in [3.8, 4) is 22.3 Å². The maximum atomic E-state index is 7.70. The first kappa shape index (κ1) is 13.0. The summed E-state index contributed by atoms with van der Waals surface area (Å²) in [6.07, 6.45) is 0. The van der Waals surface area contributed by atoms with Gasteiger partial charge < -0.3 is 4.57 Å². The summed E-state index contributed by atoms with van der Waals surface area (Å²) in [5.41, 5.74) is 6.96. The van der Waals surface area contributed by atoms with Gasteiger partial charge in [-0.15, -0.1) is 0 Å². The van der Waals surface area contributed by atoms with Crippen molar-refractivity contribution in [2.45, 2.75) is 0 Å². The summed E-state index contributed by atoms with van der Waals surface area (Å²) in [6, 6.07) is 29.5. The van der Waals surface area contributed by atoms with E-state index in [2.05, 4.69) is 48.0 Å². The monoisotopic (exact) mass is 335 g/mol. The average Bonchev–Trinajstić information content (AvgIpc) is 3.00. The summed E-state index contributed by atoms with van der Waals surface area (Å²) in [6.45, 7) is 0. The summed E-state index contributed by atoms with van der Waals surface area (Å²) in [5.74, 6) is 0. The second kappa shape index (κ2) is 5.89. The van der Waals surface area contributed by atoms with Gasteiger partial charge in [0.15, 0.2) is 0 Å². The van der Waals surface area contributed by atoms with E-state index in [0.29, 0.717) is 12.1 Å². The van der Waals surface area contributed by atoms with Crippen LogP contribution in [0, 0.1) is 0 Å². The third-order valence-corrected chi connectivity index (χ3v) is 5.11. The van der Waals surface area contributed by atoms with Crippen LogP contribution in [0.15, 0.2) is 97.0 Å². The Balaban J connectivity index is 1.72. The molecule has 0 saturated carbocycles. The van der Waals surface area contributed by atoms with Crippen LogP contribution >= 0.6 is 0 Å². The molecule has 0 fully saturated rings. The molecule has 1 heteroatoms. The number of aromatic nitrogens is 1. The highest BCUT2D eigenvalue weighted by molar-refractivity contribution is 6.10. The van der Waals surface area contributed by atoms with E-state index < -0.39 is 0 Å². The lowest BCUT2D eigenvalue weighted by Gasteiger charge is -2.03. The first-order valence-corrected chi connectivity index (χ1v) is 8.76. The van der Waals surface area contributed by atoms with Crippen LogP contribution in [0.3, 0.4) is 0 Å². The number of hydrogen-bond donors (Lipinski definition) is 0. The molecule has 124 valence electrons. The van der Waals surface area contributed by atoms with E-state index in [-0.39, 0.29) is 0 Å². The van der Waals surface area contributed by atoms with E-state index in [4.69, 9.17) is 2.74 Å². The average molecular weight is 335 g/mol. The molecule has 0 aliphatic carbocycles. The Morgan fingerprint density at radius 3 is 1.42 bits per heavy atom. The first-order valence-electron chi connectivity index (χ1n) is 9.76. The minimum absolute atomic E-state index is 0.526. The van der Waals surface area contributed by atoms with Gasteiger partial charge in [-0.05, 0) is 46.5 Å². The molecule has 0 aliphatic rings. The van der Waals surface area contributed by atoms with Crippen LogP contribution in [0.5, 0.6) is 0 Å². The Kier molecular flexibility index (Phi) is 2.94. The molecule has 4 aromatic carbocycles. The van der Waals surface area contributed by atoms with E-state index in [9.17, 15) is 0 Å². The Morgan fingerprint density at radius 1 is 0.577 bits per heavy atom. The molecule has 1 nitrogen and oxygen atoms in total. The van der Waals surface area contributed by atoms with Gasteiger partial charge in [0.2, 0.25) is 0 Å². The lowest BCUT2D eigenvalue weighted by molar-refractivity contribution is 1.01. The second-order valence-corrected chi connectivity index (χ2v) is 6.60. The van der Waals surface area contributed by atoms with Gasteiger partial charge in [0.05, 0.1) is 2.74 Å². The zero-order valence-electron chi connectivity index (χ0n) is 16.5. The molecule has 0 saturated heterocycles. The Labute approximate surface area is 156 Å². The van der Waals surface area contributed by atoms with Gasteiger partial charge in [0.1, 0.15) is 0 Å². The standard InChI is InChI=1S/C25H19N/c1-26-24-14-12-20(18-8-4-2-5-9-18)16-22(24)23-17-21(13-15-25(23)26)19-10-6-3-7-11-19/h2-17H,1H3/i2D,3D. The maximum Gasteiger partial charge on any atom is 0.0623 e. The Hall–Kier alpha value is -3.32. The van der Waals surface area contributed by atoms with Crippen molar-refractivity contribution in [2.24, 2.45) is 7.05 Å². The van der Waals surface area contributed by atoms with Gasteiger partial charge in [-0.3, -0.25) is 0 Å². The molecular weight excluding hydrogens is 314 g/mol. The fourth-order valence-corrected chi connectivity index (χ4v) is 3.74. The SMILES string of the molecule is [2H]c1ccc(-c2ccc3c(c2)c2cc(-c4ccc([2H])cc4)ccc2n3C)cc1. The van der Waals surface area contributed by atoms with Crippen LogP contribution in [0.1, 0.15) is 2.74 Å². The second-order valence-electron chi connectivity index (χ2n) is 6.60. The number of hydrogen-bond acceptors (Lipinski definition) is 0. The molecule has 0 aliphatic heterocycles. The summed E-state index contributed by atoms with van der Waals surface area (Å²) in [7, 11) is 2.10. The highest BCUT2D eigenvalue weighted by Gasteiger charge is 2.10. The highest BCUT2D eigenvalue weighted by Crippen LogP contribution is 2.34. The lowest BCUT2D eigenvalue weighted by atomic mass is 10.0. The number of aryl methyl sites for hydroxylation is 1. The normalized spacial score (nSPS) is 12.3. The van der Waals surface area contributed by atoms with Crippen molar-refractivity contribution in [3.05, 3.63) is 97.0 Å². The van der Waals surface area contributed by atoms with Gasteiger partial charge >= 0.3 is 0 Å². The van der Waals surface area contributed by atoms with Crippen molar-refractivity contribution in [2.75, 3.05) is 0 Å². The van der Waals surface area contributed by atoms with Gasteiger partial charge in [-0.2, -0.15) is 0 Å². The largest absolute Gasteiger partial charge is 0.344 e. The molecule has 0 bridgehead atoms. The zero-order chi connectivity index (χ0) is 19.3. The molecule has 5 rings (SSSR count). The van der Waals surface area contributed by atoms with E-state index in [0.717, 1.165) is 22.3 Å². The van der Waals surface area contributed by atoms with Gasteiger partial charge in [-0.1, -0.05) is 72.7 Å². The lowest BCUT2D eigenvalue weighted by Crippen LogP contribution is -1.86. The molecule has 26 heavy (non-hydrogen) atoms. The van der Waals surface area contributed by atoms with Crippen LogP contribution in [-0.2, 0) is 7.05 Å². The van der Waals surface area contributed by atoms with E-state index in [1.165, 1.54) is 21.8 Å². The van der Waals surface area contributed by atoms with Gasteiger partial charge in [0.25, 0.3) is 0 Å². The van der Waals surface area contributed by atoms with E-state index in [1.54, 1.807) is 0 Å². The van der Waals surface area contributed by atoms with Gasteiger partial charge in [-0.25, -0.2) is 0 Å². The van der Waals surface area contributed by atoms with Crippen LogP contribution < -0.4 is 0 Å². The Bertz CT molecular complexity index is 1210. The van der Waals surface area contributed by atoms with Crippen molar-refractivity contribution >= 4 is 21.8 Å². The predicted molar refractivity (Wildman–Crippen MR) is 111 cm³/mol. The van der Waals surface area contributed by atoms with Crippen molar-refractivity contribution < 1.29 is 2.74 Å². The van der Waals surface area contributed by atoms with Crippen molar-refractivity contribution in [1.82, 2.24) is 4.57 Å². The number of benzene rings is 4. The van der Waals surface area contributed by atoms with Gasteiger partial charge in [0, 0.05) is 28.9 Å². The van der Waals surface area contributed by atoms with Crippen LogP contribution in [-0.4, -0.2) is 4.57 Å². The molecule has 0 unspecified atom stereocenters. The number of fused-ring (bicyclic) bond motifs is 3.